The first kappa shape index (κ1) is 11.8. The van der Waals surface area contributed by atoms with Crippen molar-refractivity contribution >= 4 is 11.9 Å². The number of nitrogens with zero attached hydrogens (tertiary/aromatic N) is 1. The lowest BCUT2D eigenvalue weighted by Crippen LogP contribution is -2.61. The van der Waals surface area contributed by atoms with E-state index in [9.17, 15) is 14.7 Å². The van der Waals surface area contributed by atoms with E-state index in [1.807, 2.05) is 30.3 Å². The van der Waals surface area contributed by atoms with Crippen LogP contribution in [-0.2, 0) is 11.3 Å². The minimum Gasteiger partial charge on any atom is -0.498 e. The van der Waals surface area contributed by atoms with Gasteiger partial charge in [0.05, 0.1) is 25.9 Å². The van der Waals surface area contributed by atoms with Gasteiger partial charge >= 0.3 is 0 Å². The topological polar surface area (TPSA) is 57.2 Å². The van der Waals surface area contributed by atoms with Gasteiger partial charge in [0.2, 0.25) is 0 Å². The van der Waals surface area contributed by atoms with Gasteiger partial charge in [0.25, 0.3) is 6.09 Å². The van der Waals surface area contributed by atoms with Crippen LogP contribution in [0.15, 0.2) is 30.3 Å². The molecule has 0 radical (unpaired) electrons. The Bertz CT molecular complexity index is 418. The number of hydrogen-bond donors (Lipinski definition) is 0. The van der Waals surface area contributed by atoms with Crippen molar-refractivity contribution in [3.05, 3.63) is 35.9 Å². The van der Waals surface area contributed by atoms with Gasteiger partial charge in [-0.3, -0.25) is 9.28 Å². The number of rotatable bonds is 2. The molecule has 0 aromatic heterocycles. The largest absolute Gasteiger partial charge is 0.498 e. The Balaban J connectivity index is 2.18. The zero-order chi connectivity index (χ0) is 12.3. The number of Topliss-reactive ketones (excluding diaryl/α,β-unsaturated/α-hetero) is 1. The molecule has 1 aliphatic heterocycles. The van der Waals surface area contributed by atoms with Crippen LogP contribution in [0.3, 0.4) is 0 Å². The second-order valence-electron chi connectivity index (χ2n) is 4.54. The first-order chi connectivity index (χ1) is 8.12. The number of likely N-dealkylation sites (tertiary alicyclic amines) is 1. The third-order valence-electron chi connectivity index (χ3n) is 3.35. The average Bonchev–Trinajstić information content (AvgIpc) is 2.33. The lowest BCUT2D eigenvalue weighted by molar-refractivity contribution is -0.890. The molecule has 0 bridgehead atoms. The maximum absolute atomic E-state index is 11.3. The minimum absolute atomic E-state index is 0.129. The summed E-state index contributed by atoms with van der Waals surface area (Å²) in [5, 5.41) is 11.3. The summed E-state index contributed by atoms with van der Waals surface area (Å²) >= 11 is 0. The zero-order valence-corrected chi connectivity index (χ0v) is 9.59. The summed E-state index contributed by atoms with van der Waals surface area (Å²) in [6, 6.07) is 9.47. The summed E-state index contributed by atoms with van der Waals surface area (Å²) in [5.41, 5.74) is 0.964. The number of quaternary nitrogens is 1. The molecule has 1 aliphatic rings. The van der Waals surface area contributed by atoms with E-state index < -0.39 is 6.09 Å². The van der Waals surface area contributed by atoms with E-state index in [1.165, 1.54) is 0 Å². The molecular weight excluding hydrogens is 218 g/mol. The molecule has 1 saturated heterocycles. The quantitative estimate of drug-likeness (QED) is 0.707. The second-order valence-corrected chi connectivity index (χ2v) is 4.54. The van der Waals surface area contributed by atoms with E-state index in [0.717, 1.165) is 5.56 Å². The van der Waals surface area contributed by atoms with E-state index in [2.05, 4.69) is 0 Å². The van der Waals surface area contributed by atoms with Crippen molar-refractivity contribution in [3.63, 3.8) is 0 Å². The molecule has 4 nitrogen and oxygen atoms in total. The first-order valence-electron chi connectivity index (χ1n) is 5.76. The molecule has 17 heavy (non-hydrogen) atoms. The third kappa shape index (κ3) is 2.53. The van der Waals surface area contributed by atoms with Crippen LogP contribution in [-0.4, -0.2) is 29.4 Å². The normalized spacial score (nSPS) is 18.9. The Morgan fingerprint density at radius 1 is 1.18 bits per heavy atom. The van der Waals surface area contributed by atoms with E-state index >= 15 is 0 Å². The van der Waals surface area contributed by atoms with Crippen molar-refractivity contribution in [3.8, 4) is 0 Å². The number of ketones is 1. The molecule has 0 N–H and O–H groups in total. The summed E-state index contributed by atoms with van der Waals surface area (Å²) in [5.74, 6) is 0.146. The highest BCUT2D eigenvalue weighted by atomic mass is 16.4. The van der Waals surface area contributed by atoms with Crippen LogP contribution in [0.4, 0.5) is 4.79 Å². The van der Waals surface area contributed by atoms with Crippen LogP contribution in [0.2, 0.25) is 0 Å². The third-order valence-corrected chi connectivity index (χ3v) is 3.35. The molecule has 4 heteroatoms. The van der Waals surface area contributed by atoms with Crippen LogP contribution in [0.5, 0.6) is 0 Å². The second kappa shape index (κ2) is 4.67. The smallest absolute Gasteiger partial charge is 0.257 e. The fraction of sp³-hybridized carbons (Fsp3) is 0.385. The number of piperidine rings is 1. The summed E-state index contributed by atoms with van der Waals surface area (Å²) in [4.78, 5) is 22.5. The SMILES string of the molecule is O=C1CC[N+](Cc2ccccc2)(C(=O)[O-])CC1. The van der Waals surface area contributed by atoms with E-state index in [4.69, 9.17) is 0 Å². The van der Waals surface area contributed by atoms with Crippen LogP contribution in [0.25, 0.3) is 0 Å². The standard InChI is InChI=1S/C13H15NO3/c15-12-6-8-14(9-7-12,13(16)17)10-11-4-2-1-3-5-11/h1-5H,6-10H2. The maximum atomic E-state index is 11.3. The lowest BCUT2D eigenvalue weighted by atomic mass is 10.1. The fourth-order valence-corrected chi connectivity index (χ4v) is 2.25. The van der Waals surface area contributed by atoms with Crippen molar-refractivity contribution in [2.75, 3.05) is 13.1 Å². The van der Waals surface area contributed by atoms with Gasteiger partial charge in [0, 0.05) is 5.56 Å². The molecule has 2 rings (SSSR count). The number of carboxylic acid groups (broad SMARTS) is 1. The molecule has 0 unspecified atom stereocenters. The van der Waals surface area contributed by atoms with Gasteiger partial charge in [0.1, 0.15) is 12.3 Å². The summed E-state index contributed by atoms with van der Waals surface area (Å²) in [6.45, 7) is 1.09. The van der Waals surface area contributed by atoms with E-state index in [1.54, 1.807) is 0 Å². The summed E-state index contributed by atoms with van der Waals surface area (Å²) in [6.07, 6.45) is -0.414. The van der Waals surface area contributed by atoms with Gasteiger partial charge in [-0.05, 0) is 0 Å². The molecule has 0 saturated carbocycles. The maximum Gasteiger partial charge on any atom is 0.257 e. The molecule has 0 aliphatic carbocycles. The van der Waals surface area contributed by atoms with Gasteiger partial charge in [-0.15, -0.1) is 0 Å². The molecule has 1 aromatic carbocycles. The average molecular weight is 233 g/mol. The minimum atomic E-state index is -1.08. The van der Waals surface area contributed by atoms with Crippen LogP contribution in [0.1, 0.15) is 18.4 Å². The summed E-state index contributed by atoms with van der Waals surface area (Å²) < 4.78 is -0.129. The van der Waals surface area contributed by atoms with Gasteiger partial charge < -0.3 is 9.90 Å². The van der Waals surface area contributed by atoms with Gasteiger partial charge in [-0.1, -0.05) is 30.3 Å². The van der Waals surface area contributed by atoms with Crippen LogP contribution >= 0.6 is 0 Å². The Morgan fingerprint density at radius 2 is 1.76 bits per heavy atom. The molecule has 90 valence electrons. The van der Waals surface area contributed by atoms with Crippen molar-refractivity contribution in [1.82, 2.24) is 0 Å². The van der Waals surface area contributed by atoms with Crippen molar-refractivity contribution in [2.24, 2.45) is 0 Å². The lowest BCUT2D eigenvalue weighted by Gasteiger charge is -2.40. The zero-order valence-electron chi connectivity index (χ0n) is 9.59. The molecular formula is C13H15NO3. The van der Waals surface area contributed by atoms with Crippen LogP contribution in [0, 0.1) is 0 Å². The highest BCUT2D eigenvalue weighted by molar-refractivity contribution is 5.79. The molecule has 1 fully saturated rings. The molecule has 1 amide bonds. The van der Waals surface area contributed by atoms with Gasteiger partial charge in [-0.25, -0.2) is 0 Å². The van der Waals surface area contributed by atoms with Crippen molar-refractivity contribution < 1.29 is 19.2 Å². The Hall–Kier alpha value is -1.68. The predicted octanol–water partition coefficient (Wildman–Crippen LogP) is 0.710. The molecule has 1 aromatic rings. The highest BCUT2D eigenvalue weighted by Gasteiger charge is 2.35. The Kier molecular flexibility index (Phi) is 3.24. The monoisotopic (exact) mass is 233 g/mol. The predicted molar refractivity (Wildman–Crippen MR) is 59.8 cm³/mol. The van der Waals surface area contributed by atoms with Gasteiger partial charge in [0.15, 0.2) is 0 Å². The number of hydrogen-bond acceptors (Lipinski definition) is 3. The number of carbonyl (C=O) groups is 2. The fourth-order valence-electron chi connectivity index (χ4n) is 2.25. The molecule has 0 atom stereocenters. The number of carbonyl (C=O) groups excluding carboxylic acids is 2. The number of benzene rings is 1. The Labute approximate surface area is 100 Å². The van der Waals surface area contributed by atoms with Crippen LogP contribution < -0.4 is 5.11 Å². The molecule has 1 heterocycles. The number of amides is 1. The van der Waals surface area contributed by atoms with Crippen molar-refractivity contribution in [2.45, 2.75) is 19.4 Å². The van der Waals surface area contributed by atoms with E-state index in [0.29, 0.717) is 32.5 Å². The van der Waals surface area contributed by atoms with Crippen molar-refractivity contribution in [1.29, 1.82) is 0 Å². The molecule has 0 spiro atoms. The summed E-state index contributed by atoms with van der Waals surface area (Å²) in [7, 11) is 0. The highest BCUT2D eigenvalue weighted by Crippen LogP contribution is 2.20. The van der Waals surface area contributed by atoms with Gasteiger partial charge in [-0.2, -0.15) is 0 Å². The first-order valence-corrected chi connectivity index (χ1v) is 5.76. The van der Waals surface area contributed by atoms with E-state index in [-0.39, 0.29) is 10.3 Å². The Morgan fingerprint density at radius 3 is 2.29 bits per heavy atom.